The Morgan fingerprint density at radius 3 is 2.37 bits per heavy atom. The third kappa shape index (κ3) is 2.64. The van der Waals surface area contributed by atoms with E-state index in [9.17, 15) is 0 Å². The molecule has 0 atom stereocenters. The van der Waals surface area contributed by atoms with Crippen molar-refractivity contribution in [3.63, 3.8) is 0 Å². The quantitative estimate of drug-likeness (QED) is 0.266. The first-order valence-electron chi connectivity index (χ1n) is 12.8. The van der Waals surface area contributed by atoms with Crippen LogP contribution in [0.3, 0.4) is 0 Å². The molecule has 3 heterocycles. The van der Waals surface area contributed by atoms with Gasteiger partial charge in [-0.25, -0.2) is 9.97 Å². The second-order valence-electron chi connectivity index (χ2n) is 9.91. The molecule has 1 aliphatic heterocycles. The normalized spacial score (nSPS) is 12.4. The van der Waals surface area contributed by atoms with Crippen molar-refractivity contribution < 1.29 is 4.74 Å². The molecule has 8 aromatic rings. The molecule has 38 heavy (non-hydrogen) atoms. The van der Waals surface area contributed by atoms with Crippen LogP contribution in [-0.4, -0.2) is 15.0 Å². The summed E-state index contributed by atoms with van der Waals surface area (Å²) < 4.78 is 6.38. The maximum atomic E-state index is 6.38. The van der Waals surface area contributed by atoms with Crippen LogP contribution < -0.4 is 4.74 Å². The van der Waals surface area contributed by atoms with Crippen molar-refractivity contribution in [2.24, 2.45) is 0 Å². The van der Waals surface area contributed by atoms with Crippen molar-refractivity contribution >= 4 is 54.3 Å². The Balaban J connectivity index is 1.36. The van der Waals surface area contributed by atoms with Crippen LogP contribution in [0, 0.1) is 0 Å². The van der Waals surface area contributed by atoms with Crippen molar-refractivity contribution in [1.29, 1.82) is 0 Å². The minimum Gasteiger partial charge on any atom is -0.456 e. The molecule has 0 bridgehead atoms. The maximum absolute atomic E-state index is 6.38. The zero-order valence-electron chi connectivity index (χ0n) is 20.2. The van der Waals surface area contributed by atoms with Gasteiger partial charge in [-0.3, -0.25) is 0 Å². The Morgan fingerprint density at radius 1 is 0.579 bits per heavy atom. The summed E-state index contributed by atoms with van der Waals surface area (Å²) in [5.41, 5.74) is 5.98. The molecule has 176 valence electrons. The number of fused-ring (bicyclic) bond motifs is 2. The zero-order valence-corrected chi connectivity index (χ0v) is 20.2. The van der Waals surface area contributed by atoms with Crippen LogP contribution in [0.15, 0.2) is 109 Å². The highest BCUT2D eigenvalue weighted by Crippen LogP contribution is 2.49. The maximum Gasteiger partial charge on any atom is 0.162 e. The first kappa shape index (κ1) is 19.9. The van der Waals surface area contributed by atoms with E-state index in [1.165, 1.54) is 21.5 Å². The van der Waals surface area contributed by atoms with E-state index < -0.39 is 0 Å². The molecule has 1 aliphatic rings. The average Bonchev–Trinajstić information content (AvgIpc) is 3.37. The molecule has 2 aromatic heterocycles. The van der Waals surface area contributed by atoms with Crippen molar-refractivity contribution in [2.75, 3.05) is 0 Å². The van der Waals surface area contributed by atoms with Crippen LogP contribution in [0.2, 0.25) is 0 Å². The fourth-order valence-electron chi connectivity index (χ4n) is 6.03. The molecule has 0 fully saturated rings. The number of ether oxygens (including phenoxy) is 1. The van der Waals surface area contributed by atoms with Gasteiger partial charge in [0.1, 0.15) is 11.5 Å². The zero-order chi connectivity index (χ0) is 24.8. The highest BCUT2D eigenvalue weighted by molar-refractivity contribution is 6.26. The lowest BCUT2D eigenvalue weighted by molar-refractivity contribution is 0.493. The first-order valence-corrected chi connectivity index (χ1v) is 12.8. The molecule has 0 saturated carbocycles. The van der Waals surface area contributed by atoms with E-state index >= 15 is 0 Å². The molecule has 4 heteroatoms. The molecule has 0 saturated heterocycles. The van der Waals surface area contributed by atoms with Gasteiger partial charge in [-0.2, -0.15) is 0 Å². The summed E-state index contributed by atoms with van der Waals surface area (Å²) in [7, 11) is 0. The third-order valence-corrected chi connectivity index (χ3v) is 7.77. The Hall–Kier alpha value is -5.22. The molecule has 0 aliphatic carbocycles. The van der Waals surface area contributed by atoms with E-state index in [1.807, 2.05) is 30.3 Å². The number of aromatic nitrogens is 3. The Bertz CT molecular complexity index is 2280. The van der Waals surface area contributed by atoms with Crippen LogP contribution >= 0.6 is 0 Å². The summed E-state index contributed by atoms with van der Waals surface area (Å²) in [4.78, 5) is 13.9. The number of para-hydroxylation sites is 1. The molecular weight excluding hydrogens is 466 g/mol. The lowest BCUT2D eigenvalue weighted by Gasteiger charge is -2.17. The monoisotopic (exact) mass is 485 g/mol. The number of hydrogen-bond donors (Lipinski definition) is 1. The highest BCUT2D eigenvalue weighted by Gasteiger charge is 2.24. The summed E-state index contributed by atoms with van der Waals surface area (Å²) in [5.74, 6) is 2.45. The molecule has 6 aromatic carbocycles. The lowest BCUT2D eigenvalue weighted by Crippen LogP contribution is -1.97. The summed E-state index contributed by atoms with van der Waals surface area (Å²) in [6.07, 6.45) is 0. The van der Waals surface area contributed by atoms with Crippen LogP contribution in [0.5, 0.6) is 11.5 Å². The minimum absolute atomic E-state index is 0.695. The van der Waals surface area contributed by atoms with Crippen LogP contribution in [0.25, 0.3) is 76.9 Å². The molecule has 0 spiro atoms. The van der Waals surface area contributed by atoms with Gasteiger partial charge < -0.3 is 9.72 Å². The van der Waals surface area contributed by atoms with E-state index in [0.717, 1.165) is 61.0 Å². The number of aromatic amines is 1. The smallest absolute Gasteiger partial charge is 0.162 e. The van der Waals surface area contributed by atoms with Gasteiger partial charge in [0.25, 0.3) is 0 Å². The highest BCUT2D eigenvalue weighted by atomic mass is 16.5. The molecule has 0 amide bonds. The molecule has 4 nitrogen and oxygen atoms in total. The topological polar surface area (TPSA) is 50.8 Å². The number of nitrogens with zero attached hydrogens (tertiary/aromatic N) is 2. The van der Waals surface area contributed by atoms with Gasteiger partial charge in [-0.1, -0.05) is 72.8 Å². The van der Waals surface area contributed by atoms with Crippen molar-refractivity contribution in [3.8, 4) is 34.1 Å². The largest absolute Gasteiger partial charge is 0.456 e. The first-order chi connectivity index (χ1) is 18.8. The third-order valence-electron chi connectivity index (χ3n) is 7.77. The number of hydrogen-bond acceptors (Lipinski definition) is 3. The van der Waals surface area contributed by atoms with E-state index in [4.69, 9.17) is 14.7 Å². The fraction of sp³-hybridized carbons (Fsp3) is 0. The number of H-pyrrole nitrogens is 1. The average molecular weight is 486 g/mol. The van der Waals surface area contributed by atoms with Crippen LogP contribution in [-0.2, 0) is 0 Å². The van der Waals surface area contributed by atoms with Crippen LogP contribution in [0.4, 0.5) is 0 Å². The Labute approximate surface area is 217 Å². The predicted molar refractivity (Wildman–Crippen MR) is 155 cm³/mol. The Kier molecular flexibility index (Phi) is 3.76. The molecular formula is C34H19N3O. The number of rotatable bonds is 2. The molecule has 0 radical (unpaired) electrons. The minimum atomic E-state index is 0.695. The molecule has 0 unspecified atom stereocenters. The van der Waals surface area contributed by atoms with Gasteiger partial charge >= 0.3 is 0 Å². The SMILES string of the molecule is c1ccc2cc(-c3nc(-c4ccc5c6c4[nH]c4ccc7cccc(c7c46)O5)nc4ccccc34)ccc2c1. The van der Waals surface area contributed by atoms with Gasteiger partial charge in [-0.15, -0.1) is 0 Å². The van der Waals surface area contributed by atoms with Gasteiger partial charge in [0.2, 0.25) is 0 Å². The molecule has 1 N–H and O–H groups in total. The number of nitrogens with one attached hydrogen (secondary N) is 1. The van der Waals surface area contributed by atoms with Gasteiger partial charge in [0.15, 0.2) is 5.82 Å². The van der Waals surface area contributed by atoms with E-state index in [1.54, 1.807) is 0 Å². The fourth-order valence-corrected chi connectivity index (χ4v) is 6.03. The Morgan fingerprint density at radius 2 is 1.39 bits per heavy atom. The summed E-state index contributed by atoms with van der Waals surface area (Å²) in [6.45, 7) is 0. The van der Waals surface area contributed by atoms with E-state index in [-0.39, 0.29) is 0 Å². The van der Waals surface area contributed by atoms with Crippen LogP contribution in [0.1, 0.15) is 0 Å². The van der Waals surface area contributed by atoms with Gasteiger partial charge in [0.05, 0.1) is 22.1 Å². The van der Waals surface area contributed by atoms with Gasteiger partial charge in [0, 0.05) is 32.8 Å². The van der Waals surface area contributed by atoms with Crippen molar-refractivity contribution in [3.05, 3.63) is 109 Å². The standard InChI is InChI=1S/C34H19N3O/c1-2-7-21-18-22(13-12-19(21)6-1)32-23-9-3-4-10-25(23)36-34(37-32)24-15-17-28-31-30-26(35-33(24)31)16-14-20-8-5-11-27(38-28)29(20)30/h1-18,35H. The van der Waals surface area contributed by atoms with E-state index in [2.05, 4.69) is 83.8 Å². The predicted octanol–water partition coefficient (Wildman–Crippen LogP) is 9.01. The summed E-state index contributed by atoms with van der Waals surface area (Å²) in [5, 5.41) is 8.06. The lowest BCUT2D eigenvalue weighted by atomic mass is 9.98. The second kappa shape index (κ2) is 7.17. The second-order valence-corrected chi connectivity index (χ2v) is 9.91. The van der Waals surface area contributed by atoms with Gasteiger partial charge in [-0.05, 0) is 52.6 Å². The number of benzene rings is 6. The van der Waals surface area contributed by atoms with Crippen molar-refractivity contribution in [2.45, 2.75) is 0 Å². The van der Waals surface area contributed by atoms with E-state index in [0.29, 0.717) is 5.82 Å². The summed E-state index contributed by atoms with van der Waals surface area (Å²) >= 11 is 0. The molecule has 9 rings (SSSR count). The summed E-state index contributed by atoms with van der Waals surface area (Å²) in [6, 6.07) is 37.9. The van der Waals surface area contributed by atoms with Crippen molar-refractivity contribution in [1.82, 2.24) is 15.0 Å².